The van der Waals surface area contributed by atoms with E-state index in [1.165, 1.54) is 11.1 Å². The molecule has 1 fully saturated rings. The van der Waals surface area contributed by atoms with Crippen molar-refractivity contribution in [1.29, 1.82) is 0 Å². The Labute approximate surface area is 197 Å². The Morgan fingerprint density at radius 3 is 1.34 bits per heavy atom. The van der Waals surface area contributed by atoms with Crippen LogP contribution in [0.3, 0.4) is 0 Å². The van der Waals surface area contributed by atoms with E-state index in [0.717, 1.165) is 5.08 Å². The minimum absolute atomic E-state index is 0.116. The van der Waals surface area contributed by atoms with Crippen LogP contribution < -0.4 is 0 Å². The fraction of sp³-hybridized carbons (Fsp3) is 0.500. The van der Waals surface area contributed by atoms with E-state index in [1.54, 1.807) is 0 Å². The van der Waals surface area contributed by atoms with Gasteiger partial charge in [0.2, 0.25) is 0 Å². The van der Waals surface area contributed by atoms with Crippen LogP contribution in [0.5, 0.6) is 0 Å². The third kappa shape index (κ3) is 4.83. The fourth-order valence-electron chi connectivity index (χ4n) is 4.65. The highest BCUT2D eigenvalue weighted by Crippen LogP contribution is 2.69. The lowest BCUT2D eigenvalue weighted by Crippen LogP contribution is -2.46. The topological polar surface area (TPSA) is 42.9 Å². The van der Waals surface area contributed by atoms with Crippen molar-refractivity contribution in [2.45, 2.75) is 84.3 Å². The van der Waals surface area contributed by atoms with Gasteiger partial charge in [-0.2, -0.15) is 4.79 Å². The van der Waals surface area contributed by atoms with E-state index < -0.39 is 16.3 Å². The Kier molecular flexibility index (Phi) is 7.01. The second kappa shape index (κ2) is 8.97. The van der Waals surface area contributed by atoms with E-state index in [-0.39, 0.29) is 23.2 Å². The molecule has 1 saturated heterocycles. The fourth-order valence-corrected chi connectivity index (χ4v) is 10.8. The quantitative estimate of drug-likeness (QED) is 0.154. The van der Waals surface area contributed by atoms with E-state index in [1.807, 2.05) is 0 Å². The predicted octanol–water partition coefficient (Wildman–Crippen LogP) is 7.50. The van der Waals surface area contributed by atoms with Gasteiger partial charge in [-0.15, -0.1) is 0 Å². The number of hydrogen-bond acceptors (Lipinski definition) is 2. The van der Waals surface area contributed by atoms with Gasteiger partial charge in [0.25, 0.3) is 5.08 Å². The van der Waals surface area contributed by atoms with Gasteiger partial charge in [0.05, 0.1) is 12.1 Å². The molecule has 1 heterocycles. The maximum absolute atomic E-state index is 10.4. The zero-order chi connectivity index (χ0) is 23.9. The molecular weight excluding hydrogens is 427 g/mol. The lowest BCUT2D eigenvalue weighted by Gasteiger charge is -2.43. The molecule has 0 bridgehead atoms. The molecule has 32 heavy (non-hydrogen) atoms. The van der Waals surface area contributed by atoms with Gasteiger partial charge < -0.3 is 5.53 Å². The van der Waals surface area contributed by atoms with Crippen molar-refractivity contribution >= 4 is 21.4 Å². The number of nitrogens with zero attached hydrogens (tertiary/aromatic N) is 4. The first kappa shape index (κ1) is 25.0. The van der Waals surface area contributed by atoms with Crippen molar-refractivity contribution in [3.05, 3.63) is 77.3 Å². The van der Waals surface area contributed by atoms with Gasteiger partial charge in [0.1, 0.15) is 0 Å². The highest BCUT2D eigenvalue weighted by molar-refractivity contribution is 7.79. The highest BCUT2D eigenvalue weighted by Gasteiger charge is 2.61. The first-order chi connectivity index (χ1) is 14.8. The molecular formula is C26H39N4PSi. The second-order valence-electron chi connectivity index (χ2n) is 11.7. The van der Waals surface area contributed by atoms with Crippen LogP contribution in [-0.4, -0.2) is 38.4 Å². The van der Waals surface area contributed by atoms with Crippen molar-refractivity contribution in [2.24, 2.45) is 0 Å². The van der Waals surface area contributed by atoms with Gasteiger partial charge in [-0.05, 0) is 52.7 Å². The second-order valence-corrected chi connectivity index (χ2v) is 19.0. The summed E-state index contributed by atoms with van der Waals surface area (Å²) in [5.74, 6) is 0. The highest BCUT2D eigenvalue weighted by atomic mass is 31.1. The summed E-state index contributed by atoms with van der Waals surface area (Å²) in [6.45, 7) is 20.7. The Hall–Kier alpha value is -1.61. The summed E-state index contributed by atoms with van der Waals surface area (Å²) in [7, 11) is -2.91. The van der Waals surface area contributed by atoms with Gasteiger partial charge in [-0.3, -0.25) is 0 Å². The third-order valence-corrected chi connectivity index (χ3v) is 12.9. The molecule has 0 aromatic heterocycles. The molecule has 0 aliphatic carbocycles. The minimum atomic E-state index is -1.91. The van der Waals surface area contributed by atoms with Crippen LogP contribution in [0.4, 0.5) is 0 Å². The average molecular weight is 467 g/mol. The molecule has 6 heteroatoms. The Bertz CT molecular complexity index is 903. The molecule has 4 nitrogen and oxygen atoms in total. The SMILES string of the molecule is CC(C)(C)N1[C@@H](c2ccccc2)[C@H](c2ccccc2)N(C(C)(C)C)P1C(=[N+]=[N-])[Si](C)(C)C. The Morgan fingerprint density at radius 1 is 0.750 bits per heavy atom. The molecule has 0 amide bonds. The molecule has 2 atom stereocenters. The molecule has 0 radical (unpaired) electrons. The molecule has 0 N–H and O–H groups in total. The monoisotopic (exact) mass is 466 g/mol. The molecule has 1 aliphatic rings. The normalized spacial score (nSPS) is 21.5. The molecule has 172 valence electrons. The number of benzene rings is 2. The van der Waals surface area contributed by atoms with Crippen molar-refractivity contribution < 1.29 is 4.79 Å². The van der Waals surface area contributed by atoms with Crippen molar-refractivity contribution in [3.63, 3.8) is 0 Å². The van der Waals surface area contributed by atoms with Crippen molar-refractivity contribution in [3.8, 4) is 0 Å². The summed E-state index contributed by atoms with van der Waals surface area (Å²) in [6, 6.07) is 22.0. The van der Waals surface area contributed by atoms with Crippen LogP contribution in [0.15, 0.2) is 60.7 Å². The first-order valence-electron chi connectivity index (χ1n) is 11.5. The summed E-state index contributed by atoms with van der Waals surface area (Å²) >= 11 is 0. The van der Waals surface area contributed by atoms with Crippen LogP contribution in [0, 0.1) is 0 Å². The Balaban J connectivity index is 2.40. The van der Waals surface area contributed by atoms with Crippen molar-refractivity contribution in [2.75, 3.05) is 0 Å². The van der Waals surface area contributed by atoms with E-state index in [9.17, 15) is 5.53 Å². The molecule has 3 rings (SSSR count). The van der Waals surface area contributed by atoms with Gasteiger partial charge in [-0.25, -0.2) is 9.34 Å². The lowest BCUT2D eigenvalue weighted by atomic mass is 9.89. The largest absolute Gasteiger partial charge is 0.362 e. The van der Waals surface area contributed by atoms with Gasteiger partial charge >= 0.3 is 0 Å². The van der Waals surface area contributed by atoms with Gasteiger partial charge in [0, 0.05) is 11.1 Å². The third-order valence-electron chi connectivity index (χ3n) is 5.85. The Morgan fingerprint density at radius 2 is 1.09 bits per heavy atom. The van der Waals surface area contributed by atoms with Gasteiger partial charge in [-0.1, -0.05) is 80.3 Å². The zero-order valence-corrected chi connectivity index (χ0v) is 23.1. The molecule has 1 aliphatic heterocycles. The van der Waals surface area contributed by atoms with E-state index in [2.05, 4.69) is 136 Å². The predicted molar refractivity (Wildman–Crippen MR) is 140 cm³/mol. The maximum atomic E-state index is 10.4. The minimum Gasteiger partial charge on any atom is -0.362 e. The van der Waals surface area contributed by atoms with Gasteiger partial charge in [0.15, 0.2) is 16.3 Å². The van der Waals surface area contributed by atoms with Crippen LogP contribution in [0.2, 0.25) is 19.6 Å². The molecule has 2 aromatic carbocycles. The first-order valence-corrected chi connectivity index (χ1v) is 16.2. The summed E-state index contributed by atoms with van der Waals surface area (Å²) in [6.07, 6.45) is 0. The molecule has 0 unspecified atom stereocenters. The van der Waals surface area contributed by atoms with E-state index >= 15 is 0 Å². The standard InChI is InChI=1S/C26H39N4PSi/c1-25(2,3)29-22(20-16-12-10-13-17-20)23(21-18-14-11-15-19-21)30(26(4,5)6)31(29)24(28-27)32(7,8)9/h10-19,22-23H,1-9H3/t22-,23-/m0/s1. The van der Waals surface area contributed by atoms with Crippen LogP contribution in [-0.2, 0) is 0 Å². The smallest absolute Gasteiger partial charge is 0.284 e. The van der Waals surface area contributed by atoms with E-state index in [0.29, 0.717) is 0 Å². The summed E-state index contributed by atoms with van der Waals surface area (Å²) in [5.41, 5.74) is 12.8. The summed E-state index contributed by atoms with van der Waals surface area (Å²) in [5, 5.41) is 0.997. The number of hydrogen-bond donors (Lipinski definition) is 0. The van der Waals surface area contributed by atoms with Crippen LogP contribution in [0.25, 0.3) is 5.53 Å². The average Bonchev–Trinajstić information content (AvgIpc) is 3.05. The number of rotatable bonds is 4. The maximum Gasteiger partial charge on any atom is 0.284 e. The summed E-state index contributed by atoms with van der Waals surface area (Å²) in [4.78, 5) is 4.05. The molecule has 2 aromatic rings. The molecule has 0 saturated carbocycles. The zero-order valence-electron chi connectivity index (χ0n) is 21.2. The lowest BCUT2D eigenvalue weighted by molar-refractivity contribution is 0.00217. The summed E-state index contributed by atoms with van der Waals surface area (Å²) < 4.78 is 5.32. The van der Waals surface area contributed by atoms with E-state index in [4.69, 9.17) is 0 Å². The van der Waals surface area contributed by atoms with Crippen LogP contribution >= 0.6 is 8.22 Å². The molecule has 0 spiro atoms. The van der Waals surface area contributed by atoms with Crippen molar-refractivity contribution in [1.82, 2.24) is 9.34 Å². The van der Waals surface area contributed by atoms with Crippen LogP contribution in [0.1, 0.15) is 64.8 Å².